The van der Waals surface area contributed by atoms with Gasteiger partial charge in [-0.2, -0.15) is 0 Å². The normalized spacial score (nSPS) is 21.4. The maximum Gasteiger partial charge on any atom is 1.00 e. The molecule has 2 aliphatic rings. The minimum absolute atomic E-state index is 0. The molecule has 0 amide bonds. The van der Waals surface area contributed by atoms with Gasteiger partial charge in [-0.1, -0.05) is 25.7 Å². The van der Waals surface area contributed by atoms with Crippen molar-refractivity contribution in [2.45, 2.75) is 72.9 Å². The number of thioether (sulfide) groups is 2. The van der Waals surface area contributed by atoms with Crippen molar-refractivity contribution in [1.82, 2.24) is 0 Å². The van der Waals surface area contributed by atoms with Crippen LogP contribution in [0, 0.1) is 0 Å². The van der Waals surface area contributed by atoms with E-state index in [-0.39, 0.29) is 40.6 Å². The molecule has 2 aliphatic carbocycles. The van der Waals surface area contributed by atoms with E-state index in [1.807, 2.05) is 23.5 Å². The summed E-state index contributed by atoms with van der Waals surface area (Å²) >= 11 is 3.82. The number of carbonyl (C=O) groups is 1. The van der Waals surface area contributed by atoms with Gasteiger partial charge in [-0.15, -0.1) is 23.5 Å². The Balaban J connectivity index is 0.00000162. The molecule has 98 valence electrons. The minimum Gasteiger partial charge on any atom is -0.550 e. The van der Waals surface area contributed by atoms with Gasteiger partial charge >= 0.3 is 29.6 Å². The van der Waals surface area contributed by atoms with Gasteiger partial charge < -0.3 is 9.90 Å². The summed E-state index contributed by atoms with van der Waals surface area (Å²) in [5.74, 6) is -0.883. The molecule has 0 spiro atoms. The smallest absolute Gasteiger partial charge is 0.550 e. The molecular weight excluding hydrogens is 275 g/mol. The molecule has 0 heterocycles. The predicted molar refractivity (Wildman–Crippen MR) is 73.1 cm³/mol. The monoisotopic (exact) mass is 296 g/mol. The summed E-state index contributed by atoms with van der Waals surface area (Å²) in [6.07, 6.45) is 10.6. The van der Waals surface area contributed by atoms with Crippen LogP contribution in [0.1, 0.15) is 57.8 Å². The van der Waals surface area contributed by atoms with Crippen LogP contribution in [0.2, 0.25) is 0 Å². The van der Waals surface area contributed by atoms with Gasteiger partial charge in [0, 0.05) is 22.9 Å². The Morgan fingerprint density at radius 2 is 1.39 bits per heavy atom. The van der Waals surface area contributed by atoms with Gasteiger partial charge in [-0.3, -0.25) is 0 Å². The first kappa shape index (κ1) is 17.2. The van der Waals surface area contributed by atoms with Crippen LogP contribution in [-0.2, 0) is 4.79 Å². The fourth-order valence-corrected chi connectivity index (χ4v) is 6.48. The molecular formula is C13H21NaO2S2. The van der Waals surface area contributed by atoms with Gasteiger partial charge in [-0.05, 0) is 25.7 Å². The summed E-state index contributed by atoms with van der Waals surface area (Å²) < 4.78 is 0.228. The van der Waals surface area contributed by atoms with Gasteiger partial charge in [0.25, 0.3) is 0 Å². The van der Waals surface area contributed by atoms with Crippen LogP contribution in [-0.4, -0.2) is 21.1 Å². The molecule has 0 aromatic heterocycles. The van der Waals surface area contributed by atoms with Gasteiger partial charge in [0.15, 0.2) is 0 Å². The van der Waals surface area contributed by atoms with E-state index in [0.29, 0.717) is 10.5 Å². The topological polar surface area (TPSA) is 40.1 Å². The van der Waals surface area contributed by atoms with E-state index in [0.717, 1.165) is 0 Å². The fourth-order valence-electron chi connectivity index (χ4n) is 2.74. The van der Waals surface area contributed by atoms with Gasteiger partial charge in [0.1, 0.15) is 0 Å². The average Bonchev–Trinajstić information content (AvgIpc) is 2.89. The molecule has 2 fully saturated rings. The number of carboxylic acid groups (broad SMARTS) is 1. The second kappa shape index (κ2) is 9.17. The maximum atomic E-state index is 10.8. The second-order valence-electron chi connectivity index (χ2n) is 5.09. The number of hydrogen-bond acceptors (Lipinski definition) is 4. The molecule has 0 N–H and O–H groups in total. The average molecular weight is 296 g/mol. The van der Waals surface area contributed by atoms with Crippen molar-refractivity contribution in [2.75, 3.05) is 0 Å². The molecule has 0 aromatic carbocycles. The number of aliphatic carboxylic acids is 1. The molecule has 2 rings (SSSR count). The zero-order chi connectivity index (χ0) is 12.1. The van der Waals surface area contributed by atoms with Crippen LogP contribution in [0.15, 0.2) is 0 Å². The number of rotatable bonds is 6. The van der Waals surface area contributed by atoms with E-state index in [9.17, 15) is 9.90 Å². The molecule has 5 heteroatoms. The van der Waals surface area contributed by atoms with Crippen molar-refractivity contribution in [2.24, 2.45) is 0 Å². The van der Waals surface area contributed by atoms with Crippen molar-refractivity contribution in [3.8, 4) is 0 Å². The Morgan fingerprint density at radius 3 is 1.72 bits per heavy atom. The summed E-state index contributed by atoms with van der Waals surface area (Å²) in [6, 6.07) is 0. The van der Waals surface area contributed by atoms with E-state index in [2.05, 4.69) is 0 Å². The van der Waals surface area contributed by atoms with Gasteiger partial charge in [0.05, 0.1) is 4.58 Å². The third-order valence-electron chi connectivity index (χ3n) is 3.63. The summed E-state index contributed by atoms with van der Waals surface area (Å²) in [6.45, 7) is 0. The van der Waals surface area contributed by atoms with Crippen molar-refractivity contribution >= 4 is 29.5 Å². The first-order valence-corrected chi connectivity index (χ1v) is 8.63. The maximum absolute atomic E-state index is 10.8. The molecule has 2 nitrogen and oxygen atoms in total. The van der Waals surface area contributed by atoms with E-state index < -0.39 is 5.97 Å². The molecule has 0 bridgehead atoms. The third-order valence-corrected chi connectivity index (χ3v) is 6.95. The number of carboxylic acids is 1. The second-order valence-corrected chi connectivity index (χ2v) is 8.40. The van der Waals surface area contributed by atoms with Gasteiger partial charge in [0.2, 0.25) is 0 Å². The summed E-state index contributed by atoms with van der Waals surface area (Å²) in [4.78, 5) is 10.8. The molecule has 0 saturated heterocycles. The van der Waals surface area contributed by atoms with Crippen LogP contribution in [0.3, 0.4) is 0 Å². The van der Waals surface area contributed by atoms with Crippen molar-refractivity contribution in [3.63, 3.8) is 0 Å². The first-order valence-electron chi connectivity index (χ1n) is 6.75. The Labute approximate surface area is 141 Å². The Morgan fingerprint density at radius 1 is 1.00 bits per heavy atom. The molecule has 0 radical (unpaired) electrons. The minimum atomic E-state index is -0.883. The summed E-state index contributed by atoms with van der Waals surface area (Å²) in [5.41, 5.74) is 0. The third kappa shape index (κ3) is 6.08. The zero-order valence-corrected chi connectivity index (χ0v) is 14.9. The first-order chi connectivity index (χ1) is 8.24. The van der Waals surface area contributed by atoms with Crippen molar-refractivity contribution in [1.29, 1.82) is 0 Å². The fraction of sp³-hybridized carbons (Fsp3) is 0.923. The quantitative estimate of drug-likeness (QED) is 0.503. The van der Waals surface area contributed by atoms with E-state index in [1.165, 1.54) is 51.4 Å². The molecule has 0 atom stereocenters. The van der Waals surface area contributed by atoms with E-state index in [1.54, 1.807) is 0 Å². The number of hydrogen-bond donors (Lipinski definition) is 0. The van der Waals surface area contributed by atoms with Crippen LogP contribution in [0.5, 0.6) is 0 Å². The molecule has 0 aromatic rings. The molecule has 0 unspecified atom stereocenters. The largest absolute Gasteiger partial charge is 1.00 e. The van der Waals surface area contributed by atoms with E-state index in [4.69, 9.17) is 0 Å². The summed E-state index contributed by atoms with van der Waals surface area (Å²) in [5, 5.41) is 12.2. The predicted octanol–water partition coefficient (Wildman–Crippen LogP) is -0.192. The van der Waals surface area contributed by atoms with Crippen LogP contribution >= 0.6 is 23.5 Å². The Hall–Kier alpha value is 1.17. The molecule has 0 aliphatic heterocycles. The molecule has 18 heavy (non-hydrogen) atoms. The van der Waals surface area contributed by atoms with Gasteiger partial charge in [-0.25, -0.2) is 0 Å². The molecule has 2 saturated carbocycles. The Bertz CT molecular complexity index is 233. The van der Waals surface area contributed by atoms with Crippen LogP contribution in [0.4, 0.5) is 0 Å². The SMILES string of the molecule is O=C([O-])CC(SC1CCCC1)SC1CCCC1.[Na+]. The van der Waals surface area contributed by atoms with Crippen molar-refractivity contribution in [3.05, 3.63) is 0 Å². The van der Waals surface area contributed by atoms with E-state index >= 15 is 0 Å². The van der Waals surface area contributed by atoms with Crippen molar-refractivity contribution < 1.29 is 39.5 Å². The van der Waals surface area contributed by atoms with Crippen LogP contribution in [0.25, 0.3) is 0 Å². The number of carbonyl (C=O) groups excluding carboxylic acids is 1. The van der Waals surface area contributed by atoms with Crippen LogP contribution < -0.4 is 34.7 Å². The standard InChI is InChI=1S/C13H22O2S2.Na/c14-12(15)9-13(16-10-5-1-2-6-10)17-11-7-3-4-8-11;/h10-11,13H,1-9H2,(H,14,15);/q;+1/p-1. The zero-order valence-electron chi connectivity index (χ0n) is 11.2. The summed E-state index contributed by atoms with van der Waals surface area (Å²) in [7, 11) is 0. The Kier molecular flexibility index (Phi) is 8.77.